The first-order valence-corrected chi connectivity index (χ1v) is 11.7. The third-order valence-electron chi connectivity index (χ3n) is 9.97. The van der Waals surface area contributed by atoms with Gasteiger partial charge in [0, 0.05) is 13.5 Å². The minimum absolute atomic E-state index is 0.329. The van der Waals surface area contributed by atoms with E-state index in [1.165, 1.54) is 44.9 Å². The van der Waals surface area contributed by atoms with Gasteiger partial charge in [-0.15, -0.1) is 0 Å². The normalized spacial score (nSPS) is 46.1. The lowest BCUT2D eigenvalue weighted by molar-refractivity contribution is -0.137. The predicted octanol–water partition coefficient (Wildman–Crippen LogP) is 6.08. The maximum Gasteiger partial charge on any atom is 0.303 e. The maximum atomic E-state index is 11.1. The number of rotatable bonds is 5. The number of hydrogen-bond acceptors (Lipinski definition) is 2. The zero-order valence-electron chi connectivity index (χ0n) is 18.4. The van der Waals surface area contributed by atoms with Crippen LogP contribution in [0.3, 0.4) is 0 Å². The Balaban J connectivity index is 1.53. The Morgan fingerprint density at radius 2 is 2.00 bits per heavy atom. The van der Waals surface area contributed by atoms with E-state index in [0.29, 0.717) is 35.2 Å². The average molecular weight is 389 g/mol. The van der Waals surface area contributed by atoms with E-state index in [2.05, 4.69) is 26.8 Å². The van der Waals surface area contributed by atoms with E-state index >= 15 is 0 Å². The fraction of sp³-hybridized carbons (Fsp3) is 0.880. The number of hydrogen-bond donors (Lipinski definition) is 1. The van der Waals surface area contributed by atoms with Crippen molar-refractivity contribution in [2.24, 2.45) is 40.4 Å². The number of methoxy groups -OCH3 is 1. The molecule has 0 radical (unpaired) electrons. The van der Waals surface area contributed by atoms with Crippen molar-refractivity contribution in [1.82, 2.24) is 0 Å². The monoisotopic (exact) mass is 388 g/mol. The number of carboxylic acids is 1. The molecule has 0 heterocycles. The van der Waals surface area contributed by atoms with Crippen LogP contribution in [0.2, 0.25) is 0 Å². The summed E-state index contributed by atoms with van der Waals surface area (Å²) >= 11 is 0. The molecule has 3 nitrogen and oxygen atoms in total. The molecule has 158 valence electrons. The van der Waals surface area contributed by atoms with Crippen molar-refractivity contribution in [3.63, 3.8) is 0 Å². The van der Waals surface area contributed by atoms with Crippen LogP contribution in [0, 0.1) is 40.4 Å². The maximum absolute atomic E-state index is 11.1. The highest BCUT2D eigenvalue weighted by Gasteiger charge is 2.59. The molecule has 8 unspecified atom stereocenters. The van der Waals surface area contributed by atoms with Gasteiger partial charge in [0.05, 0.1) is 6.10 Å². The van der Waals surface area contributed by atoms with Crippen molar-refractivity contribution in [1.29, 1.82) is 0 Å². The summed E-state index contributed by atoms with van der Waals surface area (Å²) in [5.41, 5.74) is 2.51. The molecule has 0 saturated heterocycles. The van der Waals surface area contributed by atoms with Crippen molar-refractivity contribution < 1.29 is 14.6 Å². The van der Waals surface area contributed by atoms with Crippen LogP contribution < -0.4 is 0 Å². The van der Waals surface area contributed by atoms with Crippen LogP contribution in [0.15, 0.2) is 11.6 Å². The molecule has 3 saturated carbocycles. The molecule has 3 fully saturated rings. The van der Waals surface area contributed by atoms with Crippen LogP contribution >= 0.6 is 0 Å². The molecule has 4 aliphatic carbocycles. The van der Waals surface area contributed by atoms with Crippen LogP contribution in [0.25, 0.3) is 0 Å². The third kappa shape index (κ3) is 3.16. The third-order valence-corrected chi connectivity index (χ3v) is 9.97. The van der Waals surface area contributed by atoms with Gasteiger partial charge in [-0.1, -0.05) is 32.4 Å². The molecule has 28 heavy (non-hydrogen) atoms. The summed E-state index contributed by atoms with van der Waals surface area (Å²) in [6.07, 6.45) is 14.5. The van der Waals surface area contributed by atoms with Gasteiger partial charge >= 0.3 is 5.97 Å². The summed E-state index contributed by atoms with van der Waals surface area (Å²) < 4.78 is 5.70. The Labute approximate surface area is 171 Å². The van der Waals surface area contributed by atoms with Crippen LogP contribution in [0.5, 0.6) is 0 Å². The summed E-state index contributed by atoms with van der Waals surface area (Å²) in [5.74, 6) is 3.11. The average Bonchev–Trinajstić information content (AvgIpc) is 3.02. The summed E-state index contributed by atoms with van der Waals surface area (Å²) in [5, 5.41) is 9.12. The van der Waals surface area contributed by atoms with Crippen LogP contribution in [-0.4, -0.2) is 24.3 Å². The second-order valence-corrected chi connectivity index (χ2v) is 11.0. The first kappa shape index (κ1) is 20.4. The summed E-state index contributed by atoms with van der Waals surface area (Å²) in [6, 6.07) is 0. The molecular formula is C25H40O3. The molecule has 0 aromatic carbocycles. The smallest absolute Gasteiger partial charge is 0.303 e. The van der Waals surface area contributed by atoms with Crippen LogP contribution in [0.1, 0.15) is 85.0 Å². The van der Waals surface area contributed by atoms with E-state index in [0.717, 1.165) is 30.6 Å². The first-order chi connectivity index (χ1) is 13.3. The Morgan fingerprint density at radius 1 is 1.21 bits per heavy atom. The highest BCUT2D eigenvalue weighted by molar-refractivity contribution is 5.66. The van der Waals surface area contributed by atoms with Crippen LogP contribution in [-0.2, 0) is 9.53 Å². The summed E-state index contributed by atoms with van der Waals surface area (Å²) in [7, 11) is 1.87. The molecule has 4 rings (SSSR count). The van der Waals surface area contributed by atoms with E-state index < -0.39 is 5.97 Å². The number of carbonyl (C=O) groups is 1. The highest BCUT2D eigenvalue weighted by atomic mass is 16.5. The lowest BCUT2D eigenvalue weighted by atomic mass is 9.47. The Morgan fingerprint density at radius 3 is 2.71 bits per heavy atom. The molecule has 0 bridgehead atoms. The van der Waals surface area contributed by atoms with Gasteiger partial charge in [0.2, 0.25) is 0 Å². The van der Waals surface area contributed by atoms with Gasteiger partial charge in [-0.3, -0.25) is 4.79 Å². The highest BCUT2D eigenvalue weighted by Crippen LogP contribution is 2.67. The number of ether oxygens (including phenoxy) is 1. The van der Waals surface area contributed by atoms with Crippen molar-refractivity contribution in [2.45, 2.75) is 91.1 Å². The van der Waals surface area contributed by atoms with E-state index in [-0.39, 0.29) is 0 Å². The molecule has 0 spiro atoms. The molecule has 0 amide bonds. The predicted molar refractivity (Wildman–Crippen MR) is 112 cm³/mol. The van der Waals surface area contributed by atoms with E-state index in [1.807, 2.05) is 7.11 Å². The number of carboxylic acid groups (broad SMARTS) is 1. The minimum atomic E-state index is -0.639. The zero-order valence-corrected chi connectivity index (χ0v) is 18.4. The van der Waals surface area contributed by atoms with Crippen LogP contribution in [0.4, 0.5) is 0 Å². The Bertz CT molecular complexity index is 640. The number of aliphatic carboxylic acids is 1. The zero-order chi connectivity index (χ0) is 20.1. The fourth-order valence-electron chi connectivity index (χ4n) is 8.36. The van der Waals surface area contributed by atoms with Gasteiger partial charge in [0.1, 0.15) is 0 Å². The van der Waals surface area contributed by atoms with Gasteiger partial charge in [0.15, 0.2) is 0 Å². The SMILES string of the molecule is COC1CCC2(C)C(=CCC3C2CCC2(C)C(C(C)CCC(=O)O)CCC32)C1. The minimum Gasteiger partial charge on any atom is -0.481 e. The first-order valence-electron chi connectivity index (χ1n) is 11.7. The van der Waals surface area contributed by atoms with Gasteiger partial charge < -0.3 is 9.84 Å². The lowest BCUT2D eigenvalue weighted by Crippen LogP contribution is -2.51. The van der Waals surface area contributed by atoms with Gasteiger partial charge in [-0.2, -0.15) is 0 Å². The summed E-state index contributed by atoms with van der Waals surface area (Å²) in [4.78, 5) is 11.1. The fourth-order valence-corrected chi connectivity index (χ4v) is 8.36. The van der Waals surface area contributed by atoms with Gasteiger partial charge in [-0.05, 0) is 98.2 Å². The lowest BCUT2D eigenvalue weighted by Gasteiger charge is -2.58. The molecule has 1 N–H and O–H groups in total. The second kappa shape index (κ2) is 7.45. The summed E-state index contributed by atoms with van der Waals surface area (Å²) in [6.45, 7) is 7.44. The number of allylic oxidation sites excluding steroid dienone is 1. The van der Waals surface area contributed by atoms with Gasteiger partial charge in [-0.25, -0.2) is 0 Å². The molecule has 0 aliphatic heterocycles. The van der Waals surface area contributed by atoms with Crippen molar-refractivity contribution in [2.75, 3.05) is 7.11 Å². The van der Waals surface area contributed by atoms with Crippen molar-refractivity contribution >= 4 is 5.97 Å². The van der Waals surface area contributed by atoms with Gasteiger partial charge in [0.25, 0.3) is 0 Å². The van der Waals surface area contributed by atoms with Crippen molar-refractivity contribution in [3.05, 3.63) is 11.6 Å². The number of fused-ring (bicyclic) bond motifs is 5. The quantitative estimate of drug-likeness (QED) is 0.580. The molecule has 3 heteroatoms. The standard InChI is InChI=1S/C25H40O3/c1-16(5-10-23(26)27)20-8-9-21-19-7-6-17-15-18(28-4)11-13-24(17,2)22(19)12-14-25(20,21)3/h6,16,18-22H,5,7-15H2,1-4H3,(H,26,27). The largest absolute Gasteiger partial charge is 0.481 e. The topological polar surface area (TPSA) is 46.5 Å². The van der Waals surface area contributed by atoms with Crippen molar-refractivity contribution in [3.8, 4) is 0 Å². The molecule has 8 atom stereocenters. The molecular weight excluding hydrogens is 348 g/mol. The molecule has 0 aromatic rings. The van der Waals surface area contributed by atoms with E-state index in [1.54, 1.807) is 5.57 Å². The molecule has 4 aliphatic rings. The Hall–Kier alpha value is -0.830. The molecule has 0 aromatic heterocycles. The Kier molecular flexibility index (Phi) is 5.44. The van der Waals surface area contributed by atoms with E-state index in [4.69, 9.17) is 9.84 Å². The van der Waals surface area contributed by atoms with E-state index in [9.17, 15) is 4.79 Å². The second-order valence-electron chi connectivity index (χ2n) is 11.0.